The number of amides is 1. The average molecular weight is 316 g/mol. The lowest BCUT2D eigenvalue weighted by atomic mass is 10.1. The van der Waals surface area contributed by atoms with E-state index < -0.39 is 5.91 Å². The third-order valence-electron chi connectivity index (χ3n) is 3.96. The Morgan fingerprint density at radius 3 is 2.55 bits per heavy atom. The summed E-state index contributed by atoms with van der Waals surface area (Å²) >= 11 is 1.71. The Labute approximate surface area is 134 Å². The number of carbonyl (C=O) groups is 1. The molecule has 1 aliphatic heterocycles. The Hall–Kier alpha value is -1.76. The van der Waals surface area contributed by atoms with Gasteiger partial charge < -0.3 is 10.6 Å². The number of rotatable bonds is 4. The van der Waals surface area contributed by atoms with Crippen molar-refractivity contribution in [1.29, 1.82) is 0 Å². The number of likely N-dealkylation sites (N-methyl/N-ethyl adjacent to an activating group) is 1. The molecule has 1 fully saturated rings. The molecule has 0 spiro atoms. The molecule has 1 amide bonds. The van der Waals surface area contributed by atoms with E-state index >= 15 is 0 Å². The van der Waals surface area contributed by atoms with E-state index in [2.05, 4.69) is 21.8 Å². The molecule has 116 valence electrons. The summed E-state index contributed by atoms with van der Waals surface area (Å²) in [4.78, 5) is 21.6. The highest BCUT2D eigenvalue weighted by Gasteiger charge is 2.15. The van der Waals surface area contributed by atoms with E-state index in [9.17, 15) is 4.79 Å². The third kappa shape index (κ3) is 3.52. The van der Waals surface area contributed by atoms with Gasteiger partial charge in [0.15, 0.2) is 0 Å². The Morgan fingerprint density at radius 1 is 1.23 bits per heavy atom. The van der Waals surface area contributed by atoms with Crippen LogP contribution in [-0.4, -0.2) is 53.9 Å². The molecular weight excluding hydrogens is 296 g/mol. The van der Waals surface area contributed by atoms with Crippen LogP contribution in [0.25, 0.3) is 10.4 Å². The van der Waals surface area contributed by atoms with Crippen LogP contribution in [-0.2, 0) is 6.54 Å². The van der Waals surface area contributed by atoms with Crippen molar-refractivity contribution >= 4 is 17.2 Å². The predicted octanol–water partition coefficient (Wildman–Crippen LogP) is 1.66. The van der Waals surface area contributed by atoms with Gasteiger partial charge in [-0.15, -0.1) is 11.3 Å². The highest BCUT2D eigenvalue weighted by Crippen LogP contribution is 2.27. The average Bonchev–Trinajstić information content (AvgIpc) is 2.98. The lowest BCUT2D eigenvalue weighted by Crippen LogP contribution is -2.43. The van der Waals surface area contributed by atoms with Gasteiger partial charge in [-0.2, -0.15) is 0 Å². The summed E-state index contributed by atoms with van der Waals surface area (Å²) in [7, 11) is 2.16. The first kappa shape index (κ1) is 15.1. The van der Waals surface area contributed by atoms with Crippen molar-refractivity contribution < 1.29 is 4.79 Å². The van der Waals surface area contributed by atoms with Gasteiger partial charge >= 0.3 is 0 Å². The van der Waals surface area contributed by atoms with Crippen LogP contribution in [0, 0.1) is 0 Å². The number of nitrogens with two attached hydrogens (primary N) is 1. The number of benzene rings is 1. The summed E-state index contributed by atoms with van der Waals surface area (Å²) in [5, 5.41) is 1.14. The molecule has 0 bridgehead atoms. The molecule has 22 heavy (non-hydrogen) atoms. The summed E-state index contributed by atoms with van der Waals surface area (Å²) in [6.45, 7) is 5.34. The van der Waals surface area contributed by atoms with E-state index in [1.54, 1.807) is 23.5 Å². The summed E-state index contributed by atoms with van der Waals surface area (Å²) in [6.07, 6.45) is 1.91. The Balaban J connectivity index is 1.66. The monoisotopic (exact) mass is 316 g/mol. The number of primary amides is 1. The van der Waals surface area contributed by atoms with Crippen molar-refractivity contribution in [3.8, 4) is 10.4 Å². The maximum Gasteiger partial charge on any atom is 0.248 e. The van der Waals surface area contributed by atoms with E-state index in [0.717, 1.165) is 48.2 Å². The maximum atomic E-state index is 11.1. The number of piperazine rings is 1. The van der Waals surface area contributed by atoms with Crippen molar-refractivity contribution in [1.82, 2.24) is 14.8 Å². The van der Waals surface area contributed by atoms with E-state index in [1.165, 1.54) is 0 Å². The van der Waals surface area contributed by atoms with Gasteiger partial charge in [-0.1, -0.05) is 12.1 Å². The van der Waals surface area contributed by atoms with E-state index in [4.69, 9.17) is 5.73 Å². The van der Waals surface area contributed by atoms with Gasteiger partial charge in [0.25, 0.3) is 0 Å². The molecule has 0 atom stereocenters. The van der Waals surface area contributed by atoms with Crippen LogP contribution < -0.4 is 5.73 Å². The summed E-state index contributed by atoms with van der Waals surface area (Å²) in [5.41, 5.74) is 6.87. The molecule has 2 aromatic rings. The highest BCUT2D eigenvalue weighted by molar-refractivity contribution is 7.15. The largest absolute Gasteiger partial charge is 0.366 e. The van der Waals surface area contributed by atoms with Gasteiger partial charge in [0.1, 0.15) is 5.01 Å². The molecular formula is C16H20N4OS. The fourth-order valence-corrected chi connectivity index (χ4v) is 3.48. The zero-order valence-electron chi connectivity index (χ0n) is 12.7. The van der Waals surface area contributed by atoms with Gasteiger partial charge in [-0.05, 0) is 24.7 Å². The Bertz CT molecular complexity index is 644. The Kier molecular flexibility index (Phi) is 4.52. The van der Waals surface area contributed by atoms with Crippen molar-refractivity contribution in [2.24, 2.45) is 5.73 Å². The van der Waals surface area contributed by atoms with Crippen LogP contribution in [0.2, 0.25) is 0 Å². The highest BCUT2D eigenvalue weighted by atomic mass is 32.1. The van der Waals surface area contributed by atoms with Crippen LogP contribution in [0.4, 0.5) is 0 Å². The first-order valence-electron chi connectivity index (χ1n) is 7.37. The van der Waals surface area contributed by atoms with Crippen LogP contribution >= 0.6 is 11.3 Å². The minimum atomic E-state index is -0.397. The number of aromatic nitrogens is 1. The Morgan fingerprint density at radius 2 is 1.91 bits per heavy atom. The minimum absolute atomic E-state index is 0.397. The van der Waals surface area contributed by atoms with Crippen LogP contribution in [0.15, 0.2) is 30.5 Å². The number of hydrogen-bond acceptors (Lipinski definition) is 5. The molecule has 2 N–H and O–H groups in total. The lowest BCUT2D eigenvalue weighted by molar-refractivity contribution is 0.100. The molecule has 0 aliphatic carbocycles. The number of hydrogen-bond donors (Lipinski definition) is 1. The zero-order valence-corrected chi connectivity index (χ0v) is 13.5. The molecule has 1 aliphatic rings. The number of nitrogens with zero attached hydrogens (tertiary/aromatic N) is 3. The van der Waals surface area contributed by atoms with Gasteiger partial charge in [-0.3, -0.25) is 9.69 Å². The number of carbonyl (C=O) groups excluding carboxylic acids is 1. The van der Waals surface area contributed by atoms with Gasteiger partial charge in [0, 0.05) is 37.9 Å². The van der Waals surface area contributed by atoms with Crippen LogP contribution in [0.5, 0.6) is 0 Å². The standard InChI is InChI=1S/C16H20N4OS/c1-19-6-8-20(9-7-19)11-15-18-10-14(22-15)12-2-4-13(5-3-12)16(17)21/h2-5,10H,6-9,11H2,1H3,(H2,17,21). The second kappa shape index (κ2) is 6.56. The lowest BCUT2D eigenvalue weighted by Gasteiger charge is -2.31. The summed E-state index contributed by atoms with van der Waals surface area (Å²) < 4.78 is 0. The van der Waals surface area contributed by atoms with Crippen molar-refractivity contribution in [2.75, 3.05) is 33.2 Å². The molecule has 2 heterocycles. The molecule has 6 heteroatoms. The number of thiazole rings is 1. The normalized spacial score (nSPS) is 16.8. The molecule has 0 unspecified atom stereocenters. The molecule has 1 saturated heterocycles. The molecule has 5 nitrogen and oxygen atoms in total. The second-order valence-electron chi connectivity index (χ2n) is 5.64. The summed E-state index contributed by atoms with van der Waals surface area (Å²) in [6, 6.07) is 7.37. The molecule has 3 rings (SSSR count). The van der Waals surface area contributed by atoms with E-state index in [-0.39, 0.29) is 0 Å². The first-order valence-corrected chi connectivity index (χ1v) is 8.19. The quantitative estimate of drug-likeness (QED) is 0.932. The second-order valence-corrected chi connectivity index (χ2v) is 6.75. The predicted molar refractivity (Wildman–Crippen MR) is 88.8 cm³/mol. The molecule has 0 radical (unpaired) electrons. The molecule has 0 saturated carbocycles. The molecule has 1 aromatic heterocycles. The van der Waals surface area contributed by atoms with Crippen molar-refractivity contribution in [2.45, 2.75) is 6.54 Å². The van der Waals surface area contributed by atoms with Crippen LogP contribution in [0.1, 0.15) is 15.4 Å². The summed E-state index contributed by atoms with van der Waals surface area (Å²) in [5.74, 6) is -0.397. The van der Waals surface area contributed by atoms with Gasteiger partial charge in [0.05, 0.1) is 11.4 Å². The van der Waals surface area contributed by atoms with Crippen LogP contribution in [0.3, 0.4) is 0 Å². The SMILES string of the molecule is CN1CCN(Cc2ncc(-c3ccc(C(N)=O)cc3)s2)CC1. The van der Waals surface area contributed by atoms with E-state index in [1.807, 2.05) is 18.3 Å². The third-order valence-corrected chi connectivity index (χ3v) is 4.99. The molecule has 1 aromatic carbocycles. The fraction of sp³-hybridized carbons (Fsp3) is 0.375. The minimum Gasteiger partial charge on any atom is -0.366 e. The first-order chi connectivity index (χ1) is 10.6. The smallest absolute Gasteiger partial charge is 0.248 e. The maximum absolute atomic E-state index is 11.1. The topological polar surface area (TPSA) is 62.5 Å². The van der Waals surface area contributed by atoms with E-state index in [0.29, 0.717) is 5.56 Å². The zero-order chi connectivity index (χ0) is 15.5. The fourth-order valence-electron chi connectivity index (χ4n) is 2.51. The van der Waals surface area contributed by atoms with Crippen molar-refractivity contribution in [3.63, 3.8) is 0 Å². The van der Waals surface area contributed by atoms with Gasteiger partial charge in [0.2, 0.25) is 5.91 Å². The van der Waals surface area contributed by atoms with Crippen molar-refractivity contribution in [3.05, 3.63) is 41.0 Å². The van der Waals surface area contributed by atoms with Gasteiger partial charge in [-0.25, -0.2) is 4.98 Å².